The van der Waals surface area contributed by atoms with Crippen molar-refractivity contribution in [1.82, 2.24) is 5.32 Å². The first-order valence-electron chi connectivity index (χ1n) is 9.28. The highest BCUT2D eigenvalue weighted by Gasteiger charge is 2.17. The predicted molar refractivity (Wildman–Crippen MR) is 112 cm³/mol. The van der Waals surface area contributed by atoms with Crippen molar-refractivity contribution in [2.75, 3.05) is 20.8 Å². The second kappa shape index (κ2) is 10.8. The minimum Gasteiger partial charge on any atom is -0.497 e. The summed E-state index contributed by atoms with van der Waals surface area (Å²) in [6, 6.07) is 14.7. The Bertz CT molecular complexity index is 883. The SMILES string of the molecule is COc1ccc(C(NC(=O)C=Cc2ccc(OCC#N)c(OC)c2)C(C)C)cc1. The maximum absolute atomic E-state index is 12.5. The Morgan fingerprint density at radius 1 is 1.10 bits per heavy atom. The van der Waals surface area contributed by atoms with Crippen LogP contribution < -0.4 is 19.5 Å². The molecule has 1 atom stereocenters. The van der Waals surface area contributed by atoms with Crippen LogP contribution in [-0.4, -0.2) is 26.7 Å². The molecule has 0 fully saturated rings. The smallest absolute Gasteiger partial charge is 0.244 e. The van der Waals surface area contributed by atoms with E-state index in [-0.39, 0.29) is 24.5 Å². The molecule has 152 valence electrons. The van der Waals surface area contributed by atoms with Gasteiger partial charge in [0.2, 0.25) is 5.91 Å². The lowest BCUT2D eigenvalue weighted by Crippen LogP contribution is -2.30. The quantitative estimate of drug-likeness (QED) is 0.647. The molecule has 0 aromatic heterocycles. The molecule has 0 heterocycles. The van der Waals surface area contributed by atoms with E-state index >= 15 is 0 Å². The molecule has 29 heavy (non-hydrogen) atoms. The number of nitrogens with one attached hydrogen (secondary N) is 1. The van der Waals surface area contributed by atoms with E-state index in [4.69, 9.17) is 19.5 Å². The summed E-state index contributed by atoms with van der Waals surface area (Å²) in [6.45, 7) is 4.06. The summed E-state index contributed by atoms with van der Waals surface area (Å²) in [5, 5.41) is 11.7. The van der Waals surface area contributed by atoms with Gasteiger partial charge < -0.3 is 19.5 Å². The molecule has 1 unspecified atom stereocenters. The van der Waals surface area contributed by atoms with Gasteiger partial charge in [-0.1, -0.05) is 32.0 Å². The molecule has 0 bridgehead atoms. The molecule has 0 spiro atoms. The highest BCUT2D eigenvalue weighted by Crippen LogP contribution is 2.28. The van der Waals surface area contributed by atoms with Crippen LogP contribution in [0.5, 0.6) is 17.2 Å². The first kappa shape index (κ1) is 21.8. The molecule has 0 saturated carbocycles. The highest BCUT2D eigenvalue weighted by atomic mass is 16.5. The van der Waals surface area contributed by atoms with Gasteiger partial charge in [-0.2, -0.15) is 5.26 Å². The third-order valence-electron chi connectivity index (χ3n) is 4.35. The first-order valence-corrected chi connectivity index (χ1v) is 9.28. The van der Waals surface area contributed by atoms with Crippen molar-refractivity contribution < 1.29 is 19.0 Å². The van der Waals surface area contributed by atoms with Crippen LogP contribution >= 0.6 is 0 Å². The fourth-order valence-corrected chi connectivity index (χ4v) is 2.84. The van der Waals surface area contributed by atoms with Gasteiger partial charge >= 0.3 is 0 Å². The minimum atomic E-state index is -0.191. The molecule has 2 rings (SSSR count). The topological polar surface area (TPSA) is 80.6 Å². The van der Waals surface area contributed by atoms with E-state index in [9.17, 15) is 4.79 Å². The standard InChI is InChI=1S/C23H26N2O4/c1-16(2)23(18-7-9-19(27-3)10-8-18)25-22(26)12-6-17-5-11-20(29-14-13-24)21(15-17)28-4/h5-12,15-16,23H,14H2,1-4H3,(H,25,26). The van der Waals surface area contributed by atoms with Gasteiger partial charge in [0.15, 0.2) is 18.1 Å². The number of hydrogen-bond donors (Lipinski definition) is 1. The zero-order valence-corrected chi connectivity index (χ0v) is 17.1. The van der Waals surface area contributed by atoms with E-state index in [1.807, 2.05) is 30.3 Å². The molecule has 1 amide bonds. The van der Waals surface area contributed by atoms with Gasteiger partial charge in [0.05, 0.1) is 20.3 Å². The number of ether oxygens (including phenoxy) is 3. The van der Waals surface area contributed by atoms with Gasteiger partial charge in [-0.05, 0) is 47.4 Å². The van der Waals surface area contributed by atoms with Crippen LogP contribution in [0.4, 0.5) is 0 Å². The minimum absolute atomic E-state index is 0.0596. The van der Waals surface area contributed by atoms with Gasteiger partial charge in [0.1, 0.15) is 11.8 Å². The fourth-order valence-electron chi connectivity index (χ4n) is 2.84. The normalized spacial score (nSPS) is 11.7. The summed E-state index contributed by atoms with van der Waals surface area (Å²) in [5.41, 5.74) is 1.80. The summed E-state index contributed by atoms with van der Waals surface area (Å²) in [5.74, 6) is 1.79. The summed E-state index contributed by atoms with van der Waals surface area (Å²) < 4.78 is 15.8. The van der Waals surface area contributed by atoms with Crippen molar-refractivity contribution >= 4 is 12.0 Å². The lowest BCUT2D eigenvalue weighted by Gasteiger charge is -2.22. The Morgan fingerprint density at radius 2 is 1.83 bits per heavy atom. The average molecular weight is 394 g/mol. The van der Waals surface area contributed by atoms with Crippen molar-refractivity contribution in [1.29, 1.82) is 5.26 Å². The Labute approximate surface area is 171 Å². The van der Waals surface area contributed by atoms with Crippen molar-refractivity contribution in [2.45, 2.75) is 19.9 Å². The zero-order chi connectivity index (χ0) is 21.2. The Kier molecular flexibility index (Phi) is 8.11. The van der Waals surface area contributed by atoms with Gasteiger partial charge in [0.25, 0.3) is 0 Å². The van der Waals surface area contributed by atoms with Crippen LogP contribution in [0, 0.1) is 17.2 Å². The molecule has 1 N–H and O–H groups in total. The molecule has 6 heteroatoms. The van der Waals surface area contributed by atoms with Crippen LogP contribution in [0.15, 0.2) is 48.5 Å². The van der Waals surface area contributed by atoms with Gasteiger partial charge in [0, 0.05) is 6.08 Å². The maximum Gasteiger partial charge on any atom is 0.244 e. The van der Waals surface area contributed by atoms with Crippen LogP contribution in [0.2, 0.25) is 0 Å². The van der Waals surface area contributed by atoms with Crippen molar-refractivity contribution in [3.05, 3.63) is 59.7 Å². The van der Waals surface area contributed by atoms with Crippen LogP contribution in [-0.2, 0) is 4.79 Å². The lowest BCUT2D eigenvalue weighted by atomic mass is 9.96. The largest absolute Gasteiger partial charge is 0.497 e. The van der Waals surface area contributed by atoms with Crippen molar-refractivity contribution in [2.24, 2.45) is 5.92 Å². The number of nitriles is 1. The van der Waals surface area contributed by atoms with Crippen molar-refractivity contribution in [3.63, 3.8) is 0 Å². The lowest BCUT2D eigenvalue weighted by molar-refractivity contribution is -0.117. The van der Waals surface area contributed by atoms with Crippen LogP contribution in [0.25, 0.3) is 6.08 Å². The average Bonchev–Trinajstić information content (AvgIpc) is 2.74. The van der Waals surface area contributed by atoms with E-state index in [1.165, 1.54) is 13.2 Å². The molecule has 2 aromatic rings. The number of carbonyl (C=O) groups is 1. The zero-order valence-electron chi connectivity index (χ0n) is 17.1. The molecule has 0 saturated heterocycles. The number of hydrogen-bond acceptors (Lipinski definition) is 5. The number of methoxy groups -OCH3 is 2. The molecule has 6 nitrogen and oxygen atoms in total. The summed E-state index contributed by atoms with van der Waals surface area (Å²) >= 11 is 0. The second-order valence-electron chi connectivity index (χ2n) is 6.69. The Morgan fingerprint density at radius 3 is 2.41 bits per heavy atom. The monoisotopic (exact) mass is 394 g/mol. The van der Waals surface area contributed by atoms with Gasteiger partial charge in [-0.15, -0.1) is 0 Å². The number of carbonyl (C=O) groups excluding carboxylic acids is 1. The third kappa shape index (κ3) is 6.28. The van der Waals surface area contributed by atoms with Gasteiger partial charge in [-0.3, -0.25) is 4.79 Å². The van der Waals surface area contributed by atoms with E-state index in [0.29, 0.717) is 11.5 Å². The number of rotatable bonds is 9. The maximum atomic E-state index is 12.5. The number of amides is 1. The van der Waals surface area contributed by atoms with E-state index in [2.05, 4.69) is 19.2 Å². The third-order valence-corrected chi connectivity index (χ3v) is 4.35. The summed E-state index contributed by atoms with van der Waals surface area (Å²) in [6.07, 6.45) is 3.20. The summed E-state index contributed by atoms with van der Waals surface area (Å²) in [7, 11) is 3.15. The van der Waals surface area contributed by atoms with E-state index < -0.39 is 0 Å². The Hall–Kier alpha value is -3.46. The molecular weight excluding hydrogens is 368 g/mol. The number of benzene rings is 2. The molecule has 0 aliphatic rings. The van der Waals surface area contributed by atoms with Crippen LogP contribution in [0.1, 0.15) is 31.0 Å². The predicted octanol–water partition coefficient (Wildman–Crippen LogP) is 4.13. The summed E-state index contributed by atoms with van der Waals surface area (Å²) in [4.78, 5) is 12.5. The van der Waals surface area contributed by atoms with Crippen LogP contribution in [0.3, 0.4) is 0 Å². The first-order chi connectivity index (χ1) is 14.0. The van der Waals surface area contributed by atoms with Gasteiger partial charge in [-0.25, -0.2) is 0 Å². The van der Waals surface area contributed by atoms with E-state index in [0.717, 1.165) is 16.9 Å². The molecule has 2 aromatic carbocycles. The molecule has 0 aliphatic carbocycles. The highest BCUT2D eigenvalue weighted by molar-refractivity contribution is 5.92. The second-order valence-corrected chi connectivity index (χ2v) is 6.69. The Balaban J connectivity index is 2.09. The number of nitrogens with zero attached hydrogens (tertiary/aromatic N) is 1. The fraction of sp³-hybridized carbons (Fsp3) is 0.304. The molecule has 0 radical (unpaired) electrons. The molecular formula is C23H26N2O4. The molecule has 0 aliphatic heterocycles. The van der Waals surface area contributed by atoms with E-state index in [1.54, 1.807) is 31.4 Å². The van der Waals surface area contributed by atoms with Crippen molar-refractivity contribution in [3.8, 4) is 23.3 Å².